The highest BCUT2D eigenvalue weighted by Gasteiger charge is 2.05. The molecule has 5 nitrogen and oxygen atoms in total. The molecule has 0 radical (unpaired) electrons. The number of aryl methyl sites for hydroxylation is 2. The molecule has 0 aliphatic rings. The number of benzene rings is 2. The zero-order valence-electron chi connectivity index (χ0n) is 14.0. The standard InChI is InChI=1S/C19H18ClN3O2/c1-13-9-15(7-8-17(13)20)25-12-19(24)22-21-10-14-11-23(2)18-6-4-3-5-16(14)18/h3-11H,12H2,1-2H3,(H,22,24)/b21-10-. The lowest BCUT2D eigenvalue weighted by Crippen LogP contribution is -2.24. The fourth-order valence-electron chi connectivity index (χ4n) is 2.54. The van der Waals surface area contributed by atoms with Crippen molar-refractivity contribution < 1.29 is 9.53 Å². The van der Waals surface area contributed by atoms with Crippen molar-refractivity contribution >= 4 is 34.6 Å². The van der Waals surface area contributed by atoms with Gasteiger partial charge in [0.2, 0.25) is 0 Å². The fourth-order valence-corrected chi connectivity index (χ4v) is 2.66. The molecule has 0 saturated heterocycles. The number of aromatic nitrogens is 1. The van der Waals surface area contributed by atoms with Crippen molar-refractivity contribution in [3.05, 3.63) is 64.8 Å². The summed E-state index contributed by atoms with van der Waals surface area (Å²) >= 11 is 5.96. The Morgan fingerprint density at radius 2 is 2.12 bits per heavy atom. The van der Waals surface area contributed by atoms with E-state index in [0.29, 0.717) is 10.8 Å². The van der Waals surface area contributed by atoms with Crippen LogP contribution in [0.15, 0.2) is 53.8 Å². The van der Waals surface area contributed by atoms with Crippen LogP contribution in [-0.2, 0) is 11.8 Å². The van der Waals surface area contributed by atoms with Gasteiger partial charge < -0.3 is 9.30 Å². The molecule has 1 amide bonds. The van der Waals surface area contributed by atoms with Gasteiger partial charge in [0, 0.05) is 34.7 Å². The first-order chi connectivity index (χ1) is 12.0. The number of hydrogen-bond acceptors (Lipinski definition) is 3. The third-order valence-electron chi connectivity index (χ3n) is 3.82. The van der Waals surface area contributed by atoms with Gasteiger partial charge in [0.05, 0.1) is 6.21 Å². The van der Waals surface area contributed by atoms with E-state index in [1.165, 1.54) is 0 Å². The maximum Gasteiger partial charge on any atom is 0.277 e. The highest BCUT2D eigenvalue weighted by Crippen LogP contribution is 2.21. The van der Waals surface area contributed by atoms with Gasteiger partial charge in [0.25, 0.3) is 5.91 Å². The van der Waals surface area contributed by atoms with Crippen LogP contribution in [0, 0.1) is 6.92 Å². The summed E-state index contributed by atoms with van der Waals surface area (Å²) in [5, 5.41) is 5.75. The molecule has 0 fully saturated rings. The molecule has 25 heavy (non-hydrogen) atoms. The highest BCUT2D eigenvalue weighted by atomic mass is 35.5. The Kier molecular flexibility index (Phi) is 5.05. The van der Waals surface area contributed by atoms with E-state index in [2.05, 4.69) is 10.5 Å². The smallest absolute Gasteiger partial charge is 0.277 e. The van der Waals surface area contributed by atoms with E-state index >= 15 is 0 Å². The lowest BCUT2D eigenvalue weighted by Gasteiger charge is -2.06. The molecule has 128 valence electrons. The average Bonchev–Trinajstić information content (AvgIpc) is 2.92. The first kappa shape index (κ1) is 17.0. The van der Waals surface area contributed by atoms with Gasteiger partial charge in [-0.3, -0.25) is 4.79 Å². The number of hydrazone groups is 1. The number of carbonyl (C=O) groups is 1. The maximum atomic E-state index is 11.8. The van der Waals surface area contributed by atoms with E-state index in [-0.39, 0.29) is 12.5 Å². The van der Waals surface area contributed by atoms with E-state index in [9.17, 15) is 4.79 Å². The molecule has 3 aromatic rings. The summed E-state index contributed by atoms with van der Waals surface area (Å²) in [7, 11) is 1.97. The molecule has 2 aromatic carbocycles. The molecule has 1 aromatic heterocycles. The summed E-state index contributed by atoms with van der Waals surface area (Å²) in [5.41, 5.74) is 5.41. The molecule has 0 spiro atoms. The van der Waals surface area contributed by atoms with E-state index in [0.717, 1.165) is 22.0 Å². The first-order valence-corrected chi connectivity index (χ1v) is 8.17. The fraction of sp³-hybridized carbons (Fsp3) is 0.158. The summed E-state index contributed by atoms with van der Waals surface area (Å²) in [4.78, 5) is 11.8. The summed E-state index contributed by atoms with van der Waals surface area (Å²) in [6.45, 7) is 1.76. The quantitative estimate of drug-likeness (QED) is 0.561. The van der Waals surface area contributed by atoms with Crippen molar-refractivity contribution in [3.8, 4) is 5.75 Å². The number of para-hydroxylation sites is 1. The monoisotopic (exact) mass is 355 g/mol. The largest absolute Gasteiger partial charge is 0.484 e. The third-order valence-corrected chi connectivity index (χ3v) is 4.24. The number of ether oxygens (including phenoxy) is 1. The molecule has 0 aliphatic heterocycles. The molecule has 0 bridgehead atoms. The molecule has 0 unspecified atom stereocenters. The van der Waals surface area contributed by atoms with Crippen molar-refractivity contribution in [2.24, 2.45) is 12.1 Å². The van der Waals surface area contributed by atoms with E-state index in [4.69, 9.17) is 16.3 Å². The summed E-state index contributed by atoms with van der Waals surface area (Å²) in [5.74, 6) is 0.263. The number of amides is 1. The zero-order chi connectivity index (χ0) is 17.8. The molecule has 0 aliphatic carbocycles. The highest BCUT2D eigenvalue weighted by molar-refractivity contribution is 6.31. The van der Waals surface area contributed by atoms with Crippen LogP contribution in [0.1, 0.15) is 11.1 Å². The van der Waals surface area contributed by atoms with Gasteiger partial charge in [0.15, 0.2) is 6.61 Å². The summed E-state index contributed by atoms with van der Waals surface area (Å²) < 4.78 is 7.45. The number of carbonyl (C=O) groups excluding carboxylic acids is 1. The van der Waals surface area contributed by atoms with Gasteiger partial charge in [-0.25, -0.2) is 5.43 Å². The lowest BCUT2D eigenvalue weighted by molar-refractivity contribution is -0.123. The summed E-state index contributed by atoms with van der Waals surface area (Å²) in [6.07, 6.45) is 3.60. The van der Waals surface area contributed by atoms with Crippen LogP contribution in [0.4, 0.5) is 0 Å². The number of nitrogens with one attached hydrogen (secondary N) is 1. The lowest BCUT2D eigenvalue weighted by atomic mass is 10.2. The predicted octanol–water partition coefficient (Wildman–Crippen LogP) is 3.67. The molecular weight excluding hydrogens is 338 g/mol. The molecule has 0 saturated carbocycles. The minimum atomic E-state index is -0.330. The Labute approximate surface area is 150 Å². The molecule has 6 heteroatoms. The van der Waals surface area contributed by atoms with Gasteiger partial charge in [-0.15, -0.1) is 0 Å². The SMILES string of the molecule is Cc1cc(OCC(=O)N/N=C\c2cn(C)c3ccccc23)ccc1Cl. The average molecular weight is 356 g/mol. The zero-order valence-corrected chi connectivity index (χ0v) is 14.7. The summed E-state index contributed by atoms with van der Waals surface area (Å²) in [6, 6.07) is 13.3. The van der Waals surface area contributed by atoms with Crippen molar-refractivity contribution in [2.45, 2.75) is 6.92 Å². The number of nitrogens with zero attached hydrogens (tertiary/aromatic N) is 2. The molecule has 3 rings (SSSR count). The van der Waals surface area contributed by atoms with Gasteiger partial charge >= 0.3 is 0 Å². The normalized spacial score (nSPS) is 11.2. The van der Waals surface area contributed by atoms with E-state index in [1.807, 2.05) is 49.0 Å². The van der Waals surface area contributed by atoms with E-state index in [1.54, 1.807) is 24.4 Å². The minimum absolute atomic E-state index is 0.117. The van der Waals surface area contributed by atoms with Crippen LogP contribution in [0.2, 0.25) is 5.02 Å². The third kappa shape index (κ3) is 4.00. The second-order valence-electron chi connectivity index (χ2n) is 5.71. The second-order valence-corrected chi connectivity index (χ2v) is 6.11. The van der Waals surface area contributed by atoms with E-state index < -0.39 is 0 Å². The van der Waals surface area contributed by atoms with Crippen molar-refractivity contribution in [3.63, 3.8) is 0 Å². The van der Waals surface area contributed by atoms with Crippen LogP contribution in [0.5, 0.6) is 5.75 Å². The van der Waals surface area contributed by atoms with Crippen LogP contribution >= 0.6 is 11.6 Å². The van der Waals surface area contributed by atoms with Gasteiger partial charge in [-0.2, -0.15) is 5.10 Å². The van der Waals surface area contributed by atoms with Gasteiger partial charge in [0.1, 0.15) is 5.75 Å². The molecule has 1 N–H and O–H groups in total. The Morgan fingerprint density at radius 3 is 2.92 bits per heavy atom. The first-order valence-electron chi connectivity index (χ1n) is 7.79. The number of halogens is 1. The van der Waals surface area contributed by atoms with Gasteiger partial charge in [-0.1, -0.05) is 29.8 Å². The Morgan fingerprint density at radius 1 is 1.32 bits per heavy atom. The minimum Gasteiger partial charge on any atom is -0.484 e. The number of rotatable bonds is 5. The Balaban J connectivity index is 1.58. The topological polar surface area (TPSA) is 55.6 Å². The maximum absolute atomic E-state index is 11.8. The van der Waals surface area contributed by atoms with Crippen LogP contribution < -0.4 is 10.2 Å². The van der Waals surface area contributed by atoms with Crippen LogP contribution in [0.3, 0.4) is 0 Å². The van der Waals surface area contributed by atoms with Crippen molar-refractivity contribution in [1.29, 1.82) is 0 Å². The second kappa shape index (κ2) is 7.40. The Hall–Kier alpha value is -2.79. The van der Waals surface area contributed by atoms with Crippen molar-refractivity contribution in [2.75, 3.05) is 6.61 Å². The van der Waals surface area contributed by atoms with Gasteiger partial charge in [-0.05, 0) is 36.8 Å². The molecule has 0 atom stereocenters. The van der Waals surface area contributed by atoms with Crippen LogP contribution in [0.25, 0.3) is 10.9 Å². The number of hydrogen-bond donors (Lipinski definition) is 1. The molecule has 1 heterocycles. The predicted molar refractivity (Wildman–Crippen MR) is 100 cm³/mol. The molecular formula is C19H18ClN3O2. The van der Waals surface area contributed by atoms with Crippen LogP contribution in [-0.4, -0.2) is 23.3 Å². The number of fused-ring (bicyclic) bond motifs is 1. The Bertz CT molecular complexity index is 947. The van der Waals surface area contributed by atoms with Crippen molar-refractivity contribution in [1.82, 2.24) is 9.99 Å².